The van der Waals surface area contributed by atoms with Gasteiger partial charge in [0.15, 0.2) is 0 Å². The van der Waals surface area contributed by atoms with Gasteiger partial charge in [-0.3, -0.25) is 19.8 Å². The van der Waals surface area contributed by atoms with E-state index in [1.165, 1.54) is 24.2 Å². The van der Waals surface area contributed by atoms with Crippen LogP contribution in [-0.2, 0) is 14.3 Å². The van der Waals surface area contributed by atoms with Crippen molar-refractivity contribution >= 4 is 11.8 Å². The van der Waals surface area contributed by atoms with Crippen LogP contribution in [0.4, 0.5) is 0 Å². The van der Waals surface area contributed by atoms with Gasteiger partial charge in [-0.25, -0.2) is 0 Å². The summed E-state index contributed by atoms with van der Waals surface area (Å²) in [4.78, 5) is 25.7. The van der Waals surface area contributed by atoms with Crippen molar-refractivity contribution in [3.05, 3.63) is 0 Å². The Morgan fingerprint density at radius 1 is 1.24 bits per heavy atom. The van der Waals surface area contributed by atoms with Gasteiger partial charge in [0, 0.05) is 0 Å². The molecule has 3 fully saturated rings. The molecule has 0 radical (unpaired) electrons. The predicted molar refractivity (Wildman–Crippen MR) is 78.7 cm³/mol. The molecule has 1 saturated carbocycles. The van der Waals surface area contributed by atoms with Gasteiger partial charge in [-0.1, -0.05) is 26.2 Å². The largest absolute Gasteiger partial charge is 0.370 e. The minimum absolute atomic E-state index is 0.0339. The number of amides is 2. The molecule has 5 nitrogen and oxygen atoms in total. The van der Waals surface area contributed by atoms with E-state index in [0.29, 0.717) is 6.54 Å². The summed E-state index contributed by atoms with van der Waals surface area (Å²) in [6.07, 6.45) is 8.90. The van der Waals surface area contributed by atoms with Crippen molar-refractivity contribution in [2.75, 3.05) is 13.1 Å². The van der Waals surface area contributed by atoms with Crippen LogP contribution in [0.5, 0.6) is 0 Å². The second kappa shape index (κ2) is 6.05. The number of piperazine rings is 1. The third-order valence-corrected chi connectivity index (χ3v) is 5.26. The highest BCUT2D eigenvalue weighted by atomic mass is 16.5. The molecule has 118 valence electrons. The van der Waals surface area contributed by atoms with Gasteiger partial charge in [-0.15, -0.1) is 0 Å². The Morgan fingerprint density at radius 3 is 2.71 bits per heavy atom. The van der Waals surface area contributed by atoms with E-state index in [2.05, 4.69) is 5.32 Å². The molecule has 2 amide bonds. The predicted octanol–water partition coefficient (Wildman–Crippen LogP) is 1.61. The van der Waals surface area contributed by atoms with Gasteiger partial charge in [0.05, 0.1) is 30.8 Å². The zero-order valence-corrected chi connectivity index (χ0v) is 12.9. The Morgan fingerprint density at radius 2 is 2.00 bits per heavy atom. The summed E-state index contributed by atoms with van der Waals surface area (Å²) in [5.74, 6) is -0.195. The molecule has 0 bridgehead atoms. The number of nitrogens with zero attached hydrogens (tertiary/aromatic N) is 1. The number of carbonyl (C=O) groups is 2. The van der Waals surface area contributed by atoms with Crippen LogP contribution in [-0.4, -0.2) is 47.6 Å². The molecule has 21 heavy (non-hydrogen) atoms. The lowest BCUT2D eigenvalue weighted by molar-refractivity contribution is -0.153. The average Bonchev–Trinajstić information content (AvgIpc) is 2.87. The van der Waals surface area contributed by atoms with Gasteiger partial charge in [0.1, 0.15) is 0 Å². The van der Waals surface area contributed by atoms with E-state index in [4.69, 9.17) is 4.74 Å². The molecule has 2 aliphatic heterocycles. The molecule has 2 heterocycles. The second-order valence-electron chi connectivity index (χ2n) is 6.71. The van der Waals surface area contributed by atoms with Gasteiger partial charge in [-0.05, 0) is 32.1 Å². The second-order valence-corrected chi connectivity index (χ2v) is 6.71. The Kier molecular flexibility index (Phi) is 4.31. The van der Waals surface area contributed by atoms with E-state index in [9.17, 15) is 9.59 Å². The molecule has 1 spiro atoms. The highest BCUT2D eigenvalue weighted by molar-refractivity contribution is 6.01. The molecule has 3 aliphatic rings. The lowest BCUT2D eigenvalue weighted by atomic mass is 9.83. The monoisotopic (exact) mass is 294 g/mol. The summed E-state index contributed by atoms with van der Waals surface area (Å²) in [7, 11) is 0. The molecule has 0 aromatic rings. The molecule has 1 N–H and O–H groups in total. The van der Waals surface area contributed by atoms with E-state index in [1.807, 2.05) is 6.92 Å². The number of carbonyl (C=O) groups excluding carboxylic acids is 2. The van der Waals surface area contributed by atoms with Crippen LogP contribution in [0.3, 0.4) is 0 Å². The lowest BCUT2D eigenvalue weighted by Crippen LogP contribution is -2.59. The fourth-order valence-electron chi connectivity index (χ4n) is 4.01. The van der Waals surface area contributed by atoms with Crippen molar-refractivity contribution in [1.29, 1.82) is 0 Å². The Bertz CT molecular complexity index is 418. The first kappa shape index (κ1) is 15.0. The first-order valence-corrected chi connectivity index (χ1v) is 8.39. The molecule has 0 aromatic heterocycles. The standard InChI is InChI=1S/C16H26N2O3/c1-2-13-15(20)18(14(19)10-17-13)11-12-6-9-16(21-12)7-4-3-5-8-16/h12-13,17H,2-11H2,1H3. The van der Waals surface area contributed by atoms with Gasteiger partial charge in [0.25, 0.3) is 0 Å². The first-order chi connectivity index (χ1) is 10.1. The summed E-state index contributed by atoms with van der Waals surface area (Å²) in [5.41, 5.74) is 0.0488. The Hall–Kier alpha value is -0.940. The van der Waals surface area contributed by atoms with E-state index < -0.39 is 0 Å². The van der Waals surface area contributed by atoms with Crippen LogP contribution >= 0.6 is 0 Å². The zero-order chi connectivity index (χ0) is 14.9. The number of ether oxygens (including phenoxy) is 1. The van der Waals surface area contributed by atoms with Gasteiger partial charge >= 0.3 is 0 Å². The molecular weight excluding hydrogens is 268 g/mol. The van der Waals surface area contributed by atoms with E-state index in [-0.39, 0.29) is 36.1 Å². The normalized spacial score (nSPS) is 32.9. The van der Waals surface area contributed by atoms with Crippen molar-refractivity contribution in [2.45, 2.75) is 76.0 Å². The molecule has 2 atom stereocenters. The molecule has 3 rings (SSSR count). The van der Waals surface area contributed by atoms with Crippen molar-refractivity contribution in [2.24, 2.45) is 0 Å². The molecule has 0 aromatic carbocycles. The maximum atomic E-state index is 12.3. The molecule has 2 unspecified atom stereocenters. The summed E-state index contributed by atoms with van der Waals surface area (Å²) in [6, 6.07) is -0.215. The highest BCUT2D eigenvalue weighted by Gasteiger charge is 2.43. The summed E-state index contributed by atoms with van der Waals surface area (Å²) < 4.78 is 6.29. The number of hydrogen-bond donors (Lipinski definition) is 1. The maximum absolute atomic E-state index is 12.3. The van der Waals surface area contributed by atoms with Crippen molar-refractivity contribution < 1.29 is 14.3 Å². The molecule has 2 saturated heterocycles. The maximum Gasteiger partial charge on any atom is 0.246 e. The third-order valence-electron chi connectivity index (χ3n) is 5.26. The van der Waals surface area contributed by atoms with Gasteiger partial charge < -0.3 is 4.74 Å². The summed E-state index contributed by atoms with van der Waals surface area (Å²) in [5, 5.41) is 3.00. The quantitative estimate of drug-likeness (QED) is 0.803. The Balaban J connectivity index is 1.61. The van der Waals surface area contributed by atoms with E-state index in [0.717, 1.165) is 32.1 Å². The first-order valence-electron chi connectivity index (χ1n) is 8.39. The van der Waals surface area contributed by atoms with Gasteiger partial charge in [0.2, 0.25) is 11.8 Å². The summed E-state index contributed by atoms with van der Waals surface area (Å²) >= 11 is 0. The SMILES string of the molecule is CCC1NCC(=O)N(CC2CCC3(CCCCC3)O2)C1=O. The topological polar surface area (TPSA) is 58.6 Å². The van der Waals surface area contributed by atoms with Crippen LogP contribution in [0.25, 0.3) is 0 Å². The third kappa shape index (κ3) is 2.99. The molecular formula is C16H26N2O3. The lowest BCUT2D eigenvalue weighted by Gasteiger charge is -2.35. The van der Waals surface area contributed by atoms with Crippen molar-refractivity contribution in [3.8, 4) is 0 Å². The van der Waals surface area contributed by atoms with Crippen molar-refractivity contribution in [3.63, 3.8) is 0 Å². The number of hydrogen-bond acceptors (Lipinski definition) is 4. The minimum atomic E-state index is -0.215. The van der Waals surface area contributed by atoms with E-state index in [1.54, 1.807) is 0 Å². The smallest absolute Gasteiger partial charge is 0.246 e. The van der Waals surface area contributed by atoms with Crippen LogP contribution < -0.4 is 5.32 Å². The zero-order valence-electron chi connectivity index (χ0n) is 12.9. The van der Waals surface area contributed by atoms with Gasteiger partial charge in [-0.2, -0.15) is 0 Å². The van der Waals surface area contributed by atoms with Crippen LogP contribution in [0.15, 0.2) is 0 Å². The van der Waals surface area contributed by atoms with Crippen LogP contribution in [0.1, 0.15) is 58.3 Å². The summed E-state index contributed by atoms with van der Waals surface area (Å²) in [6.45, 7) is 2.67. The Labute approximate surface area is 126 Å². The fraction of sp³-hybridized carbons (Fsp3) is 0.875. The molecule has 5 heteroatoms. The highest BCUT2D eigenvalue weighted by Crippen LogP contribution is 2.42. The van der Waals surface area contributed by atoms with Crippen LogP contribution in [0, 0.1) is 0 Å². The number of nitrogens with one attached hydrogen (secondary N) is 1. The van der Waals surface area contributed by atoms with E-state index >= 15 is 0 Å². The fourth-order valence-corrected chi connectivity index (χ4v) is 4.01. The number of rotatable bonds is 3. The minimum Gasteiger partial charge on any atom is -0.370 e. The van der Waals surface area contributed by atoms with Crippen LogP contribution in [0.2, 0.25) is 0 Å². The molecule has 1 aliphatic carbocycles. The average molecular weight is 294 g/mol. The van der Waals surface area contributed by atoms with Crippen molar-refractivity contribution in [1.82, 2.24) is 10.2 Å². The number of imide groups is 1.